The molecule has 0 bridgehead atoms. The van der Waals surface area contributed by atoms with Gasteiger partial charge < -0.3 is 16.6 Å². The van der Waals surface area contributed by atoms with Crippen LogP contribution in [0.5, 0.6) is 0 Å². The van der Waals surface area contributed by atoms with Crippen LogP contribution in [0.2, 0.25) is 0 Å². The fraction of sp³-hybridized carbons (Fsp3) is 0.500. The molecule has 1 atom stereocenters. The van der Waals surface area contributed by atoms with E-state index in [1.807, 2.05) is 0 Å². The van der Waals surface area contributed by atoms with Crippen molar-refractivity contribution < 1.29 is 9.90 Å². The number of carboxylic acid groups (broad SMARTS) is 1. The van der Waals surface area contributed by atoms with Gasteiger partial charge in [0, 0.05) is 0 Å². The third kappa shape index (κ3) is 4.05. The van der Waals surface area contributed by atoms with Crippen LogP contribution in [0.1, 0.15) is 6.42 Å². The Morgan fingerprint density at radius 2 is 2.30 bits per heavy atom. The van der Waals surface area contributed by atoms with E-state index in [0.717, 1.165) is 0 Å². The van der Waals surface area contributed by atoms with Gasteiger partial charge >= 0.3 is 5.97 Å². The predicted molar refractivity (Wildman–Crippen MR) is 38.4 cm³/mol. The second-order valence-electron chi connectivity index (χ2n) is 1.87. The summed E-state index contributed by atoms with van der Waals surface area (Å²) < 4.78 is 0. The number of carbonyl (C=O) groups is 1. The molecule has 10 heavy (non-hydrogen) atoms. The average Bonchev–Trinajstić information content (AvgIpc) is 1.88. The van der Waals surface area contributed by atoms with E-state index in [4.69, 9.17) is 16.6 Å². The molecule has 4 nitrogen and oxygen atoms in total. The predicted octanol–water partition coefficient (Wildman–Crippen LogP) is -0.697. The summed E-state index contributed by atoms with van der Waals surface area (Å²) in [6, 6.07) is -0.897. The largest absolute Gasteiger partial charge is 0.480 e. The summed E-state index contributed by atoms with van der Waals surface area (Å²) in [4.78, 5) is 10.1. The van der Waals surface area contributed by atoms with E-state index in [1.54, 1.807) is 6.08 Å². The molecule has 0 saturated heterocycles. The minimum Gasteiger partial charge on any atom is -0.480 e. The van der Waals surface area contributed by atoms with Gasteiger partial charge in [0.2, 0.25) is 0 Å². The molecule has 0 spiro atoms. The molecule has 0 aromatic rings. The van der Waals surface area contributed by atoms with Gasteiger partial charge in [0.15, 0.2) is 0 Å². The lowest BCUT2D eigenvalue weighted by atomic mass is 10.3. The van der Waals surface area contributed by atoms with E-state index in [2.05, 4.69) is 0 Å². The normalized spacial score (nSPS) is 13.8. The molecule has 0 heterocycles. The molecule has 0 aliphatic rings. The van der Waals surface area contributed by atoms with Gasteiger partial charge in [-0.2, -0.15) is 0 Å². The van der Waals surface area contributed by atoms with Crippen LogP contribution in [0.25, 0.3) is 0 Å². The van der Waals surface area contributed by atoms with E-state index < -0.39 is 12.0 Å². The van der Waals surface area contributed by atoms with Crippen molar-refractivity contribution in [3.63, 3.8) is 0 Å². The Labute approximate surface area is 59.5 Å². The molecule has 58 valence electrons. The fourth-order valence-corrected chi connectivity index (χ4v) is 0.421. The van der Waals surface area contributed by atoms with Crippen molar-refractivity contribution in [3.05, 3.63) is 12.2 Å². The Hall–Kier alpha value is -0.870. The molecule has 0 aromatic carbocycles. The quantitative estimate of drug-likeness (QED) is 0.360. The molecule has 0 amide bonds. The zero-order valence-corrected chi connectivity index (χ0v) is 5.66. The first kappa shape index (κ1) is 9.13. The van der Waals surface area contributed by atoms with Gasteiger partial charge in [-0.15, -0.1) is 0 Å². The van der Waals surface area contributed by atoms with Gasteiger partial charge in [-0.05, 0) is 13.0 Å². The van der Waals surface area contributed by atoms with E-state index in [1.165, 1.54) is 6.08 Å². The first-order valence-corrected chi connectivity index (χ1v) is 3.03. The van der Waals surface area contributed by atoms with Gasteiger partial charge in [-0.3, -0.25) is 4.79 Å². The van der Waals surface area contributed by atoms with Crippen LogP contribution in [-0.2, 0) is 4.79 Å². The summed E-state index contributed by atoms with van der Waals surface area (Å²) in [6.07, 6.45) is 3.76. The molecular weight excluding hydrogens is 133 g/mol. The van der Waals surface area contributed by atoms with Crippen LogP contribution in [-0.4, -0.2) is 23.7 Å². The van der Waals surface area contributed by atoms with Crippen molar-refractivity contribution in [2.75, 3.05) is 6.54 Å². The Kier molecular flexibility index (Phi) is 4.53. The molecular formula is C6H12N2O2. The molecule has 0 aliphatic heterocycles. The number of aliphatic carboxylic acids is 1. The number of rotatable bonds is 4. The number of nitrogens with two attached hydrogens (primary N) is 2. The lowest BCUT2D eigenvalue weighted by molar-refractivity contribution is -0.137. The number of carboxylic acids is 1. The van der Waals surface area contributed by atoms with Crippen LogP contribution in [0.4, 0.5) is 0 Å². The topological polar surface area (TPSA) is 89.3 Å². The zero-order valence-electron chi connectivity index (χ0n) is 5.66. The summed E-state index contributed by atoms with van der Waals surface area (Å²) in [5.41, 5.74) is 10.3. The Balaban J connectivity index is 3.55. The molecule has 0 rings (SSSR count). The molecule has 0 aromatic heterocycles. The number of hydrogen-bond acceptors (Lipinski definition) is 3. The van der Waals surface area contributed by atoms with E-state index >= 15 is 0 Å². The highest BCUT2D eigenvalue weighted by Gasteiger charge is 2.04. The Morgan fingerprint density at radius 1 is 1.70 bits per heavy atom. The van der Waals surface area contributed by atoms with Crippen LogP contribution < -0.4 is 11.5 Å². The first-order chi connectivity index (χ1) is 4.68. The van der Waals surface area contributed by atoms with E-state index in [0.29, 0.717) is 13.0 Å². The van der Waals surface area contributed by atoms with Gasteiger partial charge in [0.05, 0.1) is 0 Å². The van der Waals surface area contributed by atoms with Gasteiger partial charge in [0.1, 0.15) is 6.04 Å². The van der Waals surface area contributed by atoms with Crippen molar-refractivity contribution in [2.45, 2.75) is 12.5 Å². The molecule has 5 N–H and O–H groups in total. The number of hydrogen-bond donors (Lipinski definition) is 3. The summed E-state index contributed by atoms with van der Waals surface area (Å²) in [5.74, 6) is -1.02. The molecule has 0 saturated carbocycles. The lowest BCUT2D eigenvalue weighted by Crippen LogP contribution is -2.27. The Morgan fingerprint density at radius 3 is 2.70 bits per heavy atom. The average molecular weight is 145 g/mol. The Bertz CT molecular complexity index is 134. The van der Waals surface area contributed by atoms with E-state index in [-0.39, 0.29) is 0 Å². The van der Waals surface area contributed by atoms with Crippen molar-refractivity contribution in [2.24, 2.45) is 11.5 Å². The third-order valence-electron chi connectivity index (χ3n) is 0.962. The van der Waals surface area contributed by atoms with Gasteiger partial charge in [0.25, 0.3) is 0 Å². The highest BCUT2D eigenvalue weighted by atomic mass is 16.5. The van der Waals surface area contributed by atoms with Crippen molar-refractivity contribution >= 4 is 5.97 Å². The highest BCUT2D eigenvalue weighted by molar-refractivity contribution is 5.75. The van der Waals surface area contributed by atoms with Crippen LogP contribution in [0.15, 0.2) is 12.2 Å². The molecule has 0 fully saturated rings. The van der Waals surface area contributed by atoms with Crippen molar-refractivity contribution in [3.8, 4) is 0 Å². The minimum absolute atomic E-state index is 0.517. The maximum Gasteiger partial charge on any atom is 0.324 e. The minimum atomic E-state index is -1.02. The zero-order chi connectivity index (χ0) is 7.98. The van der Waals surface area contributed by atoms with Gasteiger partial charge in [-0.1, -0.05) is 12.2 Å². The molecule has 1 unspecified atom stereocenters. The second kappa shape index (κ2) is 4.96. The summed E-state index contributed by atoms with van der Waals surface area (Å²) in [7, 11) is 0. The second-order valence-corrected chi connectivity index (χ2v) is 1.87. The van der Waals surface area contributed by atoms with Crippen LogP contribution in [0.3, 0.4) is 0 Å². The molecule has 4 heteroatoms. The van der Waals surface area contributed by atoms with Gasteiger partial charge in [-0.25, -0.2) is 0 Å². The van der Waals surface area contributed by atoms with Crippen molar-refractivity contribution in [1.29, 1.82) is 0 Å². The maximum atomic E-state index is 10.1. The van der Waals surface area contributed by atoms with Crippen LogP contribution in [0, 0.1) is 0 Å². The molecule has 0 radical (unpaired) electrons. The smallest absolute Gasteiger partial charge is 0.324 e. The summed E-state index contributed by atoms with van der Waals surface area (Å²) in [6.45, 7) is 0.517. The first-order valence-electron chi connectivity index (χ1n) is 3.03. The summed E-state index contributed by atoms with van der Waals surface area (Å²) in [5, 5.41) is 8.27. The fourth-order valence-electron chi connectivity index (χ4n) is 0.421. The lowest BCUT2D eigenvalue weighted by Gasteiger charge is -1.96. The molecule has 0 aliphatic carbocycles. The summed E-state index contributed by atoms with van der Waals surface area (Å²) >= 11 is 0. The highest BCUT2D eigenvalue weighted by Crippen LogP contribution is 1.84. The maximum absolute atomic E-state index is 10.1. The van der Waals surface area contributed by atoms with E-state index in [9.17, 15) is 4.79 Å². The SMILES string of the molecule is NCC/C=C/C(N)[13C](=O)O. The van der Waals surface area contributed by atoms with Crippen molar-refractivity contribution in [1.82, 2.24) is 0 Å². The third-order valence-corrected chi connectivity index (χ3v) is 0.962. The standard InChI is InChI=1S/C6H12N2O2/c7-4-2-1-3-5(8)6(9)10/h1,3,5H,2,4,7-8H2,(H,9,10)/b3-1+/i6+1. The monoisotopic (exact) mass is 145 g/mol. The van der Waals surface area contributed by atoms with Crippen LogP contribution >= 0.6 is 0 Å².